The number of imide groups is 1. The average Bonchev–Trinajstić information content (AvgIpc) is 3.09. The Bertz CT molecular complexity index is 1140. The predicted molar refractivity (Wildman–Crippen MR) is 131 cm³/mol. The Morgan fingerprint density at radius 1 is 1.09 bits per heavy atom. The Balaban J connectivity index is 1.46. The summed E-state index contributed by atoms with van der Waals surface area (Å²) >= 11 is 3.42. The van der Waals surface area contributed by atoms with E-state index in [-0.39, 0.29) is 11.8 Å². The van der Waals surface area contributed by atoms with E-state index in [1.807, 2.05) is 6.07 Å². The van der Waals surface area contributed by atoms with Crippen LogP contribution < -0.4 is 15.0 Å². The number of nitrogens with zero attached hydrogens (tertiary/aromatic N) is 1. The topological polar surface area (TPSA) is 109 Å². The fraction of sp³-hybridized carbons (Fsp3) is 0.280. The van der Waals surface area contributed by atoms with Crippen molar-refractivity contribution in [3.8, 4) is 5.75 Å². The van der Waals surface area contributed by atoms with Gasteiger partial charge in [0.2, 0.25) is 0 Å². The van der Waals surface area contributed by atoms with Crippen molar-refractivity contribution in [2.24, 2.45) is 0 Å². The first-order chi connectivity index (χ1) is 16.4. The monoisotopic (exact) mass is 525 g/mol. The molecule has 0 spiro atoms. The van der Waals surface area contributed by atoms with E-state index in [2.05, 4.69) is 21.2 Å². The summed E-state index contributed by atoms with van der Waals surface area (Å²) in [7, 11) is 0. The lowest BCUT2D eigenvalue weighted by Gasteiger charge is -2.23. The Morgan fingerprint density at radius 3 is 2.35 bits per heavy atom. The Morgan fingerprint density at radius 2 is 1.74 bits per heavy atom. The van der Waals surface area contributed by atoms with Crippen molar-refractivity contribution < 1.29 is 23.9 Å². The molecule has 2 aromatic carbocycles. The lowest BCUT2D eigenvalue weighted by atomic mass is 9.93. The second kappa shape index (κ2) is 10.2. The molecule has 9 heteroatoms. The highest BCUT2D eigenvalue weighted by molar-refractivity contribution is 9.10. The molecule has 1 aliphatic heterocycles. The summed E-state index contributed by atoms with van der Waals surface area (Å²) in [5.41, 5.74) is 2.19. The highest BCUT2D eigenvalue weighted by atomic mass is 79.9. The van der Waals surface area contributed by atoms with E-state index < -0.39 is 18.3 Å². The summed E-state index contributed by atoms with van der Waals surface area (Å²) in [6, 6.07) is 13.8. The largest absolute Gasteiger partial charge is 0.485 e. The van der Waals surface area contributed by atoms with Crippen LogP contribution in [-0.2, 0) is 14.3 Å². The van der Waals surface area contributed by atoms with E-state index in [4.69, 9.17) is 14.9 Å². The van der Waals surface area contributed by atoms with Gasteiger partial charge in [-0.1, -0.05) is 18.2 Å². The van der Waals surface area contributed by atoms with Gasteiger partial charge in [0.05, 0.1) is 10.2 Å². The summed E-state index contributed by atoms with van der Waals surface area (Å²) in [4.78, 5) is 39.2. The van der Waals surface area contributed by atoms with Gasteiger partial charge in [0.25, 0.3) is 11.8 Å². The normalized spacial score (nSPS) is 17.2. The van der Waals surface area contributed by atoms with Crippen LogP contribution in [0.2, 0.25) is 0 Å². The maximum atomic E-state index is 12.9. The van der Waals surface area contributed by atoms with E-state index >= 15 is 0 Å². The van der Waals surface area contributed by atoms with E-state index in [0.717, 1.165) is 19.1 Å². The van der Waals surface area contributed by atoms with Crippen LogP contribution >= 0.6 is 15.9 Å². The number of carbonyl (C=O) groups is 3. The van der Waals surface area contributed by atoms with E-state index in [1.165, 1.54) is 4.90 Å². The first-order valence-corrected chi connectivity index (χ1v) is 11.8. The third-order valence-corrected chi connectivity index (χ3v) is 6.42. The number of benzene rings is 2. The van der Waals surface area contributed by atoms with Crippen LogP contribution in [0.1, 0.15) is 32.6 Å². The van der Waals surface area contributed by atoms with Gasteiger partial charge in [-0.3, -0.25) is 14.9 Å². The van der Waals surface area contributed by atoms with E-state index in [0.29, 0.717) is 45.6 Å². The van der Waals surface area contributed by atoms with Gasteiger partial charge >= 0.3 is 6.09 Å². The molecule has 2 aliphatic rings. The number of ether oxygens (including phenoxy) is 2. The second-order valence-electron chi connectivity index (χ2n) is 8.08. The van der Waals surface area contributed by atoms with Gasteiger partial charge in [-0.15, -0.1) is 0 Å². The number of nitrogens with one attached hydrogen (secondary N) is 2. The van der Waals surface area contributed by atoms with Crippen molar-refractivity contribution in [1.82, 2.24) is 0 Å². The number of halogens is 1. The zero-order chi connectivity index (χ0) is 24.2. The van der Waals surface area contributed by atoms with Gasteiger partial charge < -0.3 is 14.9 Å². The van der Waals surface area contributed by atoms with Gasteiger partial charge in [-0.2, -0.15) is 0 Å². The van der Waals surface area contributed by atoms with Crippen LogP contribution in [0.5, 0.6) is 5.75 Å². The lowest BCUT2D eigenvalue weighted by molar-refractivity contribution is -0.120. The molecule has 0 fully saturated rings. The van der Waals surface area contributed by atoms with Crippen LogP contribution in [0.25, 0.3) is 0 Å². The molecule has 4 rings (SSSR count). The molecule has 8 nitrogen and oxygen atoms in total. The van der Waals surface area contributed by atoms with Crippen molar-refractivity contribution in [2.45, 2.75) is 44.8 Å². The van der Waals surface area contributed by atoms with Crippen molar-refractivity contribution in [3.63, 3.8) is 0 Å². The van der Waals surface area contributed by atoms with Crippen LogP contribution in [0, 0.1) is 5.41 Å². The van der Waals surface area contributed by atoms with Crippen LogP contribution in [0.4, 0.5) is 16.2 Å². The fourth-order valence-electron chi connectivity index (χ4n) is 4.02. The molecule has 0 saturated carbocycles. The quantitative estimate of drug-likeness (QED) is 0.380. The molecule has 1 heterocycles. The van der Waals surface area contributed by atoms with Crippen molar-refractivity contribution >= 4 is 51.4 Å². The van der Waals surface area contributed by atoms with Gasteiger partial charge in [0.15, 0.2) is 6.10 Å². The Hall–Kier alpha value is -3.46. The first kappa shape index (κ1) is 23.7. The molecule has 2 unspecified atom stereocenters. The lowest BCUT2D eigenvalue weighted by Crippen LogP contribution is -2.36. The van der Waals surface area contributed by atoms with Crippen molar-refractivity contribution in [2.75, 3.05) is 10.2 Å². The van der Waals surface area contributed by atoms with Gasteiger partial charge in [-0.05, 0) is 72.8 Å². The van der Waals surface area contributed by atoms with E-state index in [1.54, 1.807) is 49.4 Å². The Kier molecular flexibility index (Phi) is 7.12. The number of amides is 3. The molecule has 176 valence electrons. The molecular weight excluding hydrogens is 502 g/mol. The van der Waals surface area contributed by atoms with Gasteiger partial charge in [0, 0.05) is 29.1 Å². The average molecular weight is 526 g/mol. The molecular formula is C25H24BrN3O5. The third kappa shape index (κ3) is 4.89. The zero-order valence-electron chi connectivity index (χ0n) is 18.5. The Labute approximate surface area is 205 Å². The van der Waals surface area contributed by atoms with E-state index in [9.17, 15) is 14.4 Å². The maximum absolute atomic E-state index is 12.9. The molecule has 2 aromatic rings. The molecule has 0 radical (unpaired) electrons. The summed E-state index contributed by atoms with van der Waals surface area (Å²) in [6.45, 7) is 1.66. The smallest absolute Gasteiger partial charge is 0.412 e. The maximum Gasteiger partial charge on any atom is 0.412 e. The highest BCUT2D eigenvalue weighted by Crippen LogP contribution is 2.38. The number of rotatable bonds is 7. The number of para-hydroxylation sites is 1. The molecule has 3 amide bonds. The molecule has 0 aromatic heterocycles. The third-order valence-electron chi connectivity index (χ3n) is 5.77. The first-order valence-electron chi connectivity index (χ1n) is 11.0. The van der Waals surface area contributed by atoms with Crippen molar-refractivity contribution in [3.05, 3.63) is 64.1 Å². The molecule has 1 aliphatic carbocycles. The molecule has 34 heavy (non-hydrogen) atoms. The SMILES string of the molecule is CC(Oc1cc(N2C(=O)C3=C(CCCC3)C2=O)ccc1Br)C(C=N)OC(=O)Nc1ccccc1. The zero-order valence-corrected chi connectivity index (χ0v) is 20.1. The van der Waals surface area contributed by atoms with Crippen molar-refractivity contribution in [1.29, 1.82) is 5.41 Å². The van der Waals surface area contributed by atoms with Crippen LogP contribution in [0.15, 0.2) is 64.1 Å². The minimum Gasteiger partial charge on any atom is -0.485 e. The molecule has 0 bridgehead atoms. The number of anilines is 2. The van der Waals surface area contributed by atoms with Crippen LogP contribution in [-0.4, -0.2) is 36.3 Å². The molecule has 0 saturated heterocycles. The molecule has 2 N–H and O–H groups in total. The van der Waals surface area contributed by atoms with Gasteiger partial charge in [0.1, 0.15) is 11.9 Å². The predicted octanol–water partition coefficient (Wildman–Crippen LogP) is 5.23. The second-order valence-corrected chi connectivity index (χ2v) is 8.93. The van der Waals surface area contributed by atoms with Crippen LogP contribution in [0.3, 0.4) is 0 Å². The number of carbonyl (C=O) groups excluding carboxylic acids is 3. The summed E-state index contributed by atoms with van der Waals surface area (Å²) < 4.78 is 11.9. The number of hydrogen-bond donors (Lipinski definition) is 2. The minimum atomic E-state index is -0.969. The summed E-state index contributed by atoms with van der Waals surface area (Å²) in [5.74, 6) is -0.201. The highest BCUT2D eigenvalue weighted by Gasteiger charge is 2.40. The molecule has 2 atom stereocenters. The summed E-state index contributed by atoms with van der Waals surface area (Å²) in [5, 5.41) is 10.3. The fourth-order valence-corrected chi connectivity index (χ4v) is 4.36. The summed E-state index contributed by atoms with van der Waals surface area (Å²) in [6.07, 6.45) is 1.63. The standard InChI is InChI=1S/C25H24BrN3O5/c1-15(22(14-27)34-25(32)28-16-7-3-2-4-8-16)33-21-13-17(11-12-20(21)26)29-23(30)18-9-5-6-10-19(18)24(29)31/h2-4,7-8,11-15,22,27H,5-6,9-10H2,1H3,(H,28,32). The minimum absolute atomic E-state index is 0.278. The number of hydrogen-bond acceptors (Lipinski definition) is 6. The van der Waals surface area contributed by atoms with Gasteiger partial charge in [-0.25, -0.2) is 9.69 Å².